The third-order valence-electron chi connectivity index (χ3n) is 4.62. The van der Waals surface area contributed by atoms with E-state index in [9.17, 15) is 10.2 Å². The Morgan fingerprint density at radius 1 is 0.808 bits per heavy atom. The van der Waals surface area contributed by atoms with Crippen molar-refractivity contribution in [1.82, 2.24) is 9.80 Å². The van der Waals surface area contributed by atoms with Crippen molar-refractivity contribution in [2.75, 3.05) is 39.3 Å². The van der Waals surface area contributed by atoms with Gasteiger partial charge in [-0.25, -0.2) is 0 Å². The molecule has 1 heterocycles. The predicted molar refractivity (Wildman–Crippen MR) is 108 cm³/mol. The van der Waals surface area contributed by atoms with Crippen LogP contribution in [0, 0.1) is 0 Å². The smallest absolute Gasteiger partial charge is 0.157 e. The van der Waals surface area contributed by atoms with E-state index in [4.69, 9.17) is 5.11 Å². The Balaban J connectivity index is 0.00000169. The van der Waals surface area contributed by atoms with Gasteiger partial charge in [-0.05, 0) is 23.3 Å². The molecule has 1 unspecified atom stereocenters. The van der Waals surface area contributed by atoms with Crippen LogP contribution in [-0.4, -0.2) is 64.5 Å². The van der Waals surface area contributed by atoms with Crippen LogP contribution in [0.4, 0.5) is 0 Å². The summed E-state index contributed by atoms with van der Waals surface area (Å²) in [5.74, 6) is -0.189. The molecule has 2 aromatic carbocycles. The zero-order valence-electron chi connectivity index (χ0n) is 14.5. The molecular weight excluding hydrogens is 375 g/mol. The number of phenolic OH excluding ortho intramolecular Hbond substituents is 2. The fourth-order valence-corrected chi connectivity index (χ4v) is 3.35. The van der Waals surface area contributed by atoms with E-state index in [0.717, 1.165) is 37.3 Å². The molecule has 0 amide bonds. The summed E-state index contributed by atoms with van der Waals surface area (Å²) < 4.78 is 0. The maximum atomic E-state index is 9.90. The molecule has 2 aromatic rings. The molecule has 0 saturated carbocycles. The second-order valence-electron chi connectivity index (χ2n) is 6.16. The van der Waals surface area contributed by atoms with Gasteiger partial charge < -0.3 is 15.3 Å². The second kappa shape index (κ2) is 10.6. The standard InChI is InChI=1S/C19H24N2O3.2ClH/c22-13-12-20-8-10-21(11-9-20)19(15-4-2-1-3-5-15)16-6-7-17(23)18(24)14-16;;/h1-7,14,19,22-24H,8-13H2;2*1H. The lowest BCUT2D eigenvalue weighted by molar-refractivity contribution is 0.0944. The van der Waals surface area contributed by atoms with Gasteiger partial charge in [0, 0.05) is 32.7 Å². The molecule has 5 nitrogen and oxygen atoms in total. The van der Waals surface area contributed by atoms with Gasteiger partial charge in [-0.2, -0.15) is 0 Å². The minimum absolute atomic E-state index is 0. The van der Waals surface area contributed by atoms with E-state index in [1.807, 2.05) is 24.3 Å². The van der Waals surface area contributed by atoms with E-state index < -0.39 is 0 Å². The Labute approximate surface area is 166 Å². The fourth-order valence-electron chi connectivity index (χ4n) is 3.35. The number of aliphatic hydroxyl groups excluding tert-OH is 1. The van der Waals surface area contributed by atoms with Gasteiger partial charge in [0.05, 0.1) is 12.6 Å². The third kappa shape index (κ3) is 5.25. The van der Waals surface area contributed by atoms with E-state index in [1.165, 1.54) is 0 Å². The number of phenols is 2. The summed E-state index contributed by atoms with van der Waals surface area (Å²) in [7, 11) is 0. The number of piperazine rings is 1. The Hall–Kier alpha value is -1.50. The Bertz CT molecular complexity index is 665. The van der Waals surface area contributed by atoms with E-state index in [0.29, 0.717) is 6.54 Å². The zero-order chi connectivity index (χ0) is 16.9. The number of hydrogen-bond acceptors (Lipinski definition) is 5. The summed E-state index contributed by atoms with van der Waals surface area (Å²) in [6.07, 6.45) is 0. The summed E-state index contributed by atoms with van der Waals surface area (Å²) in [4.78, 5) is 4.64. The number of nitrogens with zero attached hydrogens (tertiary/aromatic N) is 2. The third-order valence-corrected chi connectivity index (χ3v) is 4.62. The first-order valence-electron chi connectivity index (χ1n) is 8.33. The normalized spacial score (nSPS) is 16.3. The highest BCUT2D eigenvalue weighted by atomic mass is 35.5. The van der Waals surface area contributed by atoms with Crippen LogP contribution in [0.1, 0.15) is 17.2 Å². The highest BCUT2D eigenvalue weighted by Gasteiger charge is 2.26. The Morgan fingerprint density at radius 2 is 1.46 bits per heavy atom. The zero-order valence-corrected chi connectivity index (χ0v) is 16.1. The van der Waals surface area contributed by atoms with Gasteiger partial charge in [-0.3, -0.25) is 9.80 Å². The van der Waals surface area contributed by atoms with Crippen LogP contribution in [-0.2, 0) is 0 Å². The largest absolute Gasteiger partial charge is 0.504 e. The van der Waals surface area contributed by atoms with Crippen LogP contribution in [0.3, 0.4) is 0 Å². The van der Waals surface area contributed by atoms with Gasteiger partial charge in [0.2, 0.25) is 0 Å². The van der Waals surface area contributed by atoms with E-state index in [-0.39, 0.29) is 49.0 Å². The Kier molecular flexibility index (Phi) is 9.19. The van der Waals surface area contributed by atoms with Crippen molar-refractivity contribution in [2.24, 2.45) is 0 Å². The molecule has 0 bridgehead atoms. The first kappa shape index (κ1) is 22.5. The summed E-state index contributed by atoms with van der Waals surface area (Å²) in [5.41, 5.74) is 2.13. The van der Waals surface area contributed by atoms with E-state index in [1.54, 1.807) is 12.1 Å². The van der Waals surface area contributed by atoms with Crippen molar-refractivity contribution >= 4 is 24.8 Å². The lowest BCUT2D eigenvalue weighted by atomic mass is 9.96. The van der Waals surface area contributed by atoms with Crippen LogP contribution in [0.5, 0.6) is 11.5 Å². The van der Waals surface area contributed by atoms with Gasteiger partial charge >= 0.3 is 0 Å². The molecule has 144 valence electrons. The monoisotopic (exact) mass is 400 g/mol. The predicted octanol–water partition coefficient (Wildman–Crippen LogP) is 2.64. The highest BCUT2D eigenvalue weighted by Crippen LogP contribution is 2.34. The number of rotatable bonds is 5. The number of aliphatic hydroxyl groups is 1. The van der Waals surface area contributed by atoms with Crippen LogP contribution < -0.4 is 0 Å². The lowest BCUT2D eigenvalue weighted by Gasteiger charge is -2.39. The molecule has 0 aromatic heterocycles. The average molecular weight is 401 g/mol. The topological polar surface area (TPSA) is 67.2 Å². The SMILES string of the molecule is Cl.Cl.OCCN1CCN(C(c2ccccc2)c2ccc(O)c(O)c2)CC1. The van der Waals surface area contributed by atoms with E-state index in [2.05, 4.69) is 21.9 Å². The molecule has 7 heteroatoms. The molecule has 3 N–H and O–H groups in total. The van der Waals surface area contributed by atoms with E-state index >= 15 is 0 Å². The molecule has 1 aliphatic heterocycles. The van der Waals surface area contributed by atoms with Crippen molar-refractivity contribution in [3.8, 4) is 11.5 Å². The van der Waals surface area contributed by atoms with Gasteiger partial charge in [-0.15, -0.1) is 24.8 Å². The van der Waals surface area contributed by atoms with Crippen molar-refractivity contribution in [3.05, 3.63) is 59.7 Å². The molecular formula is C19H26Cl2N2O3. The van der Waals surface area contributed by atoms with Crippen molar-refractivity contribution in [3.63, 3.8) is 0 Å². The fraction of sp³-hybridized carbons (Fsp3) is 0.368. The number of hydrogen-bond donors (Lipinski definition) is 3. The van der Waals surface area contributed by atoms with Crippen molar-refractivity contribution in [2.45, 2.75) is 6.04 Å². The molecule has 1 atom stereocenters. The van der Waals surface area contributed by atoms with Crippen molar-refractivity contribution in [1.29, 1.82) is 0 Å². The molecule has 0 spiro atoms. The number of β-amino-alcohol motifs (C(OH)–C–C–N with tert-alkyl or cyclic N) is 1. The van der Waals surface area contributed by atoms with Crippen LogP contribution in [0.15, 0.2) is 48.5 Å². The number of benzene rings is 2. The minimum Gasteiger partial charge on any atom is -0.504 e. The maximum absolute atomic E-state index is 9.90. The number of halogens is 2. The second-order valence-corrected chi connectivity index (χ2v) is 6.16. The molecule has 3 rings (SSSR count). The van der Waals surface area contributed by atoms with Crippen LogP contribution in [0.25, 0.3) is 0 Å². The molecule has 26 heavy (non-hydrogen) atoms. The quantitative estimate of drug-likeness (QED) is 0.673. The van der Waals surface area contributed by atoms with Crippen LogP contribution in [0.2, 0.25) is 0 Å². The van der Waals surface area contributed by atoms with Gasteiger partial charge in [0.15, 0.2) is 11.5 Å². The van der Waals surface area contributed by atoms with Gasteiger partial charge in [0.25, 0.3) is 0 Å². The summed E-state index contributed by atoms with van der Waals surface area (Å²) in [6.45, 7) is 4.50. The molecule has 1 fully saturated rings. The summed E-state index contributed by atoms with van der Waals surface area (Å²) in [6, 6.07) is 15.3. The first-order chi connectivity index (χ1) is 11.7. The minimum atomic E-state index is -0.0988. The maximum Gasteiger partial charge on any atom is 0.157 e. The Morgan fingerprint density at radius 3 is 2.04 bits per heavy atom. The summed E-state index contributed by atoms with van der Waals surface area (Å²) >= 11 is 0. The van der Waals surface area contributed by atoms with Gasteiger partial charge in [0.1, 0.15) is 0 Å². The average Bonchev–Trinajstić information content (AvgIpc) is 2.61. The van der Waals surface area contributed by atoms with Gasteiger partial charge in [-0.1, -0.05) is 36.4 Å². The molecule has 1 aliphatic rings. The lowest BCUT2D eigenvalue weighted by Crippen LogP contribution is -2.48. The molecule has 0 aliphatic carbocycles. The van der Waals surface area contributed by atoms with Crippen molar-refractivity contribution < 1.29 is 15.3 Å². The molecule has 1 saturated heterocycles. The molecule has 0 radical (unpaired) electrons. The highest BCUT2D eigenvalue weighted by molar-refractivity contribution is 5.85. The summed E-state index contributed by atoms with van der Waals surface area (Å²) in [5, 5.41) is 28.6. The first-order valence-corrected chi connectivity index (χ1v) is 8.33. The van der Waals surface area contributed by atoms with Crippen LogP contribution >= 0.6 is 24.8 Å². The number of aromatic hydroxyl groups is 2.